The van der Waals surface area contributed by atoms with Gasteiger partial charge in [0.25, 0.3) is 5.91 Å². The Kier molecular flexibility index (Phi) is 2.33. The van der Waals surface area contributed by atoms with Crippen molar-refractivity contribution >= 4 is 23.7 Å². The normalized spacial score (nSPS) is 19.7. The van der Waals surface area contributed by atoms with E-state index in [4.69, 9.17) is 0 Å². The van der Waals surface area contributed by atoms with Gasteiger partial charge in [0.05, 0.1) is 0 Å². The number of hydrogen-bond donors (Lipinski definition) is 1. The molecule has 88 valence electrons. The monoisotopic (exact) mass is 245 g/mol. The molecule has 1 amide bonds. The van der Waals surface area contributed by atoms with Gasteiger partial charge in [-0.2, -0.15) is 0 Å². The number of carbonyl (C=O) groups is 1. The minimum Gasteiger partial charge on any atom is -0.351 e. The SMILES string of the molecule is C=Cc1c(SC)ccc2c1C1(CC1)CNC2=O. The fourth-order valence-electron chi connectivity index (χ4n) is 2.75. The second-order valence-corrected chi connectivity index (χ2v) is 5.62. The Hall–Kier alpha value is -1.22. The van der Waals surface area contributed by atoms with E-state index in [1.165, 1.54) is 28.9 Å². The molecule has 0 aromatic heterocycles. The summed E-state index contributed by atoms with van der Waals surface area (Å²) in [7, 11) is 0. The van der Waals surface area contributed by atoms with Crippen LogP contribution in [0.25, 0.3) is 6.08 Å². The molecule has 2 nitrogen and oxygen atoms in total. The average Bonchev–Trinajstić information content (AvgIpc) is 3.13. The van der Waals surface area contributed by atoms with E-state index in [1.54, 1.807) is 11.8 Å². The smallest absolute Gasteiger partial charge is 0.251 e. The quantitative estimate of drug-likeness (QED) is 0.812. The van der Waals surface area contributed by atoms with Crippen LogP contribution in [0, 0.1) is 0 Å². The van der Waals surface area contributed by atoms with Crippen LogP contribution >= 0.6 is 11.8 Å². The van der Waals surface area contributed by atoms with Crippen molar-refractivity contribution in [3.63, 3.8) is 0 Å². The molecular formula is C14H15NOS. The Bertz CT molecular complexity index is 517. The van der Waals surface area contributed by atoms with Gasteiger partial charge < -0.3 is 5.32 Å². The van der Waals surface area contributed by atoms with Crippen LogP contribution in [0.15, 0.2) is 23.6 Å². The lowest BCUT2D eigenvalue weighted by Gasteiger charge is -2.28. The van der Waals surface area contributed by atoms with E-state index in [0.717, 1.165) is 12.1 Å². The van der Waals surface area contributed by atoms with Gasteiger partial charge in [0.15, 0.2) is 0 Å². The Morgan fingerprint density at radius 2 is 2.24 bits per heavy atom. The van der Waals surface area contributed by atoms with Crippen LogP contribution in [-0.4, -0.2) is 18.7 Å². The molecule has 0 atom stereocenters. The Balaban J connectivity index is 2.29. The number of fused-ring (bicyclic) bond motifs is 2. The lowest BCUT2D eigenvalue weighted by atomic mass is 9.84. The van der Waals surface area contributed by atoms with Crippen LogP contribution in [0.5, 0.6) is 0 Å². The van der Waals surface area contributed by atoms with Gasteiger partial charge in [-0.15, -0.1) is 11.8 Å². The fourth-order valence-corrected chi connectivity index (χ4v) is 3.36. The summed E-state index contributed by atoms with van der Waals surface area (Å²) in [6.07, 6.45) is 6.33. The van der Waals surface area contributed by atoms with Crippen molar-refractivity contribution in [2.75, 3.05) is 12.8 Å². The minimum atomic E-state index is 0.0632. The molecule has 0 saturated heterocycles. The number of thioether (sulfide) groups is 1. The molecule has 1 aromatic rings. The number of carbonyl (C=O) groups excluding carboxylic acids is 1. The molecule has 3 rings (SSSR count). The summed E-state index contributed by atoms with van der Waals surface area (Å²) in [6.45, 7) is 4.71. The van der Waals surface area contributed by atoms with Gasteiger partial charge in [-0.05, 0) is 42.4 Å². The van der Waals surface area contributed by atoms with Crippen molar-refractivity contribution in [1.82, 2.24) is 5.32 Å². The summed E-state index contributed by atoms with van der Waals surface area (Å²) in [6, 6.07) is 3.99. The van der Waals surface area contributed by atoms with Crippen molar-refractivity contribution < 1.29 is 4.79 Å². The summed E-state index contributed by atoms with van der Waals surface area (Å²) in [5.41, 5.74) is 3.46. The number of rotatable bonds is 2. The van der Waals surface area contributed by atoms with Crippen molar-refractivity contribution in [2.24, 2.45) is 0 Å². The van der Waals surface area contributed by atoms with Crippen LogP contribution in [-0.2, 0) is 5.41 Å². The highest BCUT2D eigenvalue weighted by Gasteiger charge is 2.50. The van der Waals surface area contributed by atoms with Crippen LogP contribution in [0.2, 0.25) is 0 Å². The molecule has 0 unspecified atom stereocenters. The van der Waals surface area contributed by atoms with Gasteiger partial charge in [-0.1, -0.05) is 12.7 Å². The molecule has 1 fully saturated rings. The number of amides is 1. The van der Waals surface area contributed by atoms with E-state index in [-0.39, 0.29) is 11.3 Å². The minimum absolute atomic E-state index is 0.0632. The zero-order valence-corrected chi connectivity index (χ0v) is 10.7. The highest BCUT2D eigenvalue weighted by Crippen LogP contribution is 2.53. The predicted octanol–water partition coefficient (Wildman–Crippen LogP) is 2.83. The maximum Gasteiger partial charge on any atom is 0.251 e. The first kappa shape index (κ1) is 10.9. The van der Waals surface area contributed by atoms with E-state index in [1.807, 2.05) is 18.2 Å². The highest BCUT2D eigenvalue weighted by molar-refractivity contribution is 7.98. The maximum absolute atomic E-state index is 11.9. The first-order chi connectivity index (χ1) is 8.22. The first-order valence-electron chi connectivity index (χ1n) is 5.84. The lowest BCUT2D eigenvalue weighted by Crippen LogP contribution is -2.39. The van der Waals surface area contributed by atoms with E-state index < -0.39 is 0 Å². The van der Waals surface area contributed by atoms with Gasteiger partial charge in [0.1, 0.15) is 0 Å². The molecule has 1 aromatic carbocycles. The van der Waals surface area contributed by atoms with Crippen LogP contribution < -0.4 is 5.32 Å². The Morgan fingerprint density at radius 3 is 2.82 bits per heavy atom. The second-order valence-electron chi connectivity index (χ2n) is 4.77. The van der Waals surface area contributed by atoms with E-state index in [0.29, 0.717) is 0 Å². The molecule has 1 aliphatic carbocycles. The summed E-state index contributed by atoms with van der Waals surface area (Å²) in [5.74, 6) is 0.0632. The van der Waals surface area contributed by atoms with Crippen molar-refractivity contribution in [3.05, 3.63) is 35.4 Å². The first-order valence-corrected chi connectivity index (χ1v) is 7.06. The van der Waals surface area contributed by atoms with Crippen molar-refractivity contribution in [1.29, 1.82) is 0 Å². The standard InChI is InChI=1S/C14H15NOS/c1-3-9-11(17-2)5-4-10-12(9)14(6-7-14)8-15-13(10)16/h3-5H,1,6-8H2,2H3,(H,15,16). The lowest BCUT2D eigenvalue weighted by molar-refractivity contribution is 0.0937. The van der Waals surface area contributed by atoms with E-state index in [9.17, 15) is 4.79 Å². The number of benzene rings is 1. The topological polar surface area (TPSA) is 29.1 Å². The van der Waals surface area contributed by atoms with Gasteiger partial charge in [0, 0.05) is 22.4 Å². The molecular weight excluding hydrogens is 230 g/mol. The number of hydrogen-bond acceptors (Lipinski definition) is 2. The summed E-state index contributed by atoms with van der Waals surface area (Å²) >= 11 is 1.72. The third-order valence-electron chi connectivity index (χ3n) is 3.85. The van der Waals surface area contributed by atoms with Gasteiger partial charge in [-0.25, -0.2) is 0 Å². The summed E-state index contributed by atoms with van der Waals surface area (Å²) in [4.78, 5) is 13.1. The van der Waals surface area contributed by atoms with Crippen LogP contribution in [0.4, 0.5) is 0 Å². The Labute approximate surface area is 105 Å². The molecule has 1 N–H and O–H groups in total. The van der Waals surface area contributed by atoms with Gasteiger partial charge in [-0.3, -0.25) is 4.79 Å². The Morgan fingerprint density at radius 1 is 1.47 bits per heavy atom. The van der Waals surface area contributed by atoms with E-state index >= 15 is 0 Å². The van der Waals surface area contributed by atoms with Crippen LogP contribution in [0.1, 0.15) is 34.3 Å². The van der Waals surface area contributed by atoms with Crippen molar-refractivity contribution in [3.8, 4) is 0 Å². The fraction of sp³-hybridized carbons (Fsp3) is 0.357. The largest absolute Gasteiger partial charge is 0.351 e. The van der Waals surface area contributed by atoms with Gasteiger partial charge in [0.2, 0.25) is 0 Å². The third kappa shape index (κ3) is 1.45. The zero-order chi connectivity index (χ0) is 12.0. The molecule has 2 aliphatic rings. The van der Waals surface area contributed by atoms with Crippen molar-refractivity contribution in [2.45, 2.75) is 23.2 Å². The summed E-state index contributed by atoms with van der Waals surface area (Å²) in [5, 5.41) is 3.00. The molecule has 1 saturated carbocycles. The van der Waals surface area contributed by atoms with Crippen LogP contribution in [0.3, 0.4) is 0 Å². The zero-order valence-electron chi connectivity index (χ0n) is 9.88. The molecule has 1 heterocycles. The predicted molar refractivity (Wildman–Crippen MR) is 71.6 cm³/mol. The average molecular weight is 245 g/mol. The molecule has 17 heavy (non-hydrogen) atoms. The molecule has 0 bridgehead atoms. The van der Waals surface area contributed by atoms with Gasteiger partial charge >= 0.3 is 0 Å². The third-order valence-corrected chi connectivity index (χ3v) is 4.64. The highest BCUT2D eigenvalue weighted by atomic mass is 32.2. The molecule has 1 aliphatic heterocycles. The molecule has 1 spiro atoms. The molecule has 3 heteroatoms. The van der Waals surface area contributed by atoms with E-state index in [2.05, 4.69) is 18.2 Å². The summed E-state index contributed by atoms with van der Waals surface area (Å²) < 4.78 is 0. The molecule has 0 radical (unpaired) electrons. The maximum atomic E-state index is 11.9. The number of nitrogens with one attached hydrogen (secondary N) is 1. The second kappa shape index (κ2) is 3.64.